The second-order valence-electron chi connectivity index (χ2n) is 7.73. The first kappa shape index (κ1) is 23.3. The minimum absolute atomic E-state index is 0.120. The monoisotopic (exact) mass is 475 g/mol. The standard InChI is InChI=1S/C27H22ClNO5/c1-17-25(18-6-3-2-4-7-18)26(31)22-14-13-21(16-23(22)33-17)34-24(30)8-5-15-29-27(32)19-9-11-20(28)12-10-19/h2-4,6-7,9-14,16H,5,8,15H2,1H3,(H,29,32). The minimum atomic E-state index is -0.444. The highest BCUT2D eigenvalue weighted by molar-refractivity contribution is 6.30. The molecule has 0 fully saturated rings. The highest BCUT2D eigenvalue weighted by Crippen LogP contribution is 2.26. The summed E-state index contributed by atoms with van der Waals surface area (Å²) in [5.41, 5.74) is 2.00. The molecule has 0 aliphatic heterocycles. The van der Waals surface area contributed by atoms with E-state index in [0.717, 1.165) is 5.56 Å². The van der Waals surface area contributed by atoms with Crippen molar-refractivity contribution in [3.8, 4) is 16.9 Å². The maximum atomic E-state index is 13.0. The Hall–Kier alpha value is -3.90. The van der Waals surface area contributed by atoms with Gasteiger partial charge in [-0.15, -0.1) is 0 Å². The fraction of sp³-hybridized carbons (Fsp3) is 0.148. The maximum absolute atomic E-state index is 13.0. The summed E-state index contributed by atoms with van der Waals surface area (Å²) < 4.78 is 11.3. The average Bonchev–Trinajstić information content (AvgIpc) is 2.82. The largest absolute Gasteiger partial charge is 0.460 e. The van der Waals surface area contributed by atoms with E-state index in [9.17, 15) is 14.4 Å². The number of esters is 1. The molecule has 4 rings (SSSR count). The third-order valence-electron chi connectivity index (χ3n) is 5.28. The number of fused-ring (bicyclic) bond motifs is 1. The molecule has 1 heterocycles. The molecule has 4 aromatic rings. The van der Waals surface area contributed by atoms with Gasteiger partial charge in [-0.2, -0.15) is 0 Å². The van der Waals surface area contributed by atoms with Crippen LogP contribution < -0.4 is 15.5 Å². The molecule has 0 saturated carbocycles. The van der Waals surface area contributed by atoms with Crippen LogP contribution in [0.15, 0.2) is 82.0 Å². The lowest BCUT2D eigenvalue weighted by atomic mass is 10.0. The molecule has 34 heavy (non-hydrogen) atoms. The van der Waals surface area contributed by atoms with Crippen molar-refractivity contribution in [2.75, 3.05) is 6.54 Å². The highest BCUT2D eigenvalue weighted by atomic mass is 35.5. The van der Waals surface area contributed by atoms with Gasteiger partial charge in [0.15, 0.2) is 0 Å². The Kier molecular flexibility index (Phi) is 7.09. The van der Waals surface area contributed by atoms with Crippen LogP contribution in [0.1, 0.15) is 29.0 Å². The molecule has 7 heteroatoms. The maximum Gasteiger partial charge on any atom is 0.311 e. The van der Waals surface area contributed by atoms with Gasteiger partial charge in [-0.1, -0.05) is 41.9 Å². The van der Waals surface area contributed by atoms with E-state index in [-0.39, 0.29) is 23.5 Å². The second kappa shape index (κ2) is 10.4. The van der Waals surface area contributed by atoms with Crippen LogP contribution in [0.25, 0.3) is 22.1 Å². The van der Waals surface area contributed by atoms with Gasteiger partial charge >= 0.3 is 5.97 Å². The first-order valence-corrected chi connectivity index (χ1v) is 11.2. The molecular weight excluding hydrogens is 454 g/mol. The number of hydrogen-bond acceptors (Lipinski definition) is 5. The molecule has 0 radical (unpaired) electrons. The summed E-state index contributed by atoms with van der Waals surface area (Å²) in [6.07, 6.45) is 0.537. The summed E-state index contributed by atoms with van der Waals surface area (Å²) in [4.78, 5) is 37.3. The van der Waals surface area contributed by atoms with Crippen molar-refractivity contribution in [1.29, 1.82) is 0 Å². The number of carbonyl (C=O) groups is 2. The Labute approximate surface area is 201 Å². The first-order chi connectivity index (χ1) is 16.4. The van der Waals surface area contributed by atoms with Crippen molar-refractivity contribution in [3.05, 3.63) is 99.4 Å². The summed E-state index contributed by atoms with van der Waals surface area (Å²) in [7, 11) is 0. The van der Waals surface area contributed by atoms with Crippen molar-refractivity contribution in [1.82, 2.24) is 5.32 Å². The zero-order valence-electron chi connectivity index (χ0n) is 18.5. The lowest BCUT2D eigenvalue weighted by Crippen LogP contribution is -2.25. The predicted molar refractivity (Wildman–Crippen MR) is 131 cm³/mol. The van der Waals surface area contributed by atoms with Crippen LogP contribution >= 0.6 is 11.6 Å². The zero-order chi connectivity index (χ0) is 24.1. The van der Waals surface area contributed by atoms with Gasteiger partial charge in [-0.05, 0) is 55.3 Å². The number of nitrogens with one attached hydrogen (secondary N) is 1. The van der Waals surface area contributed by atoms with Crippen molar-refractivity contribution < 1.29 is 18.7 Å². The Bertz CT molecular complexity index is 1390. The van der Waals surface area contributed by atoms with E-state index in [2.05, 4.69) is 5.32 Å². The number of amides is 1. The first-order valence-electron chi connectivity index (χ1n) is 10.8. The lowest BCUT2D eigenvalue weighted by Gasteiger charge is -2.09. The molecule has 3 aromatic carbocycles. The van der Waals surface area contributed by atoms with E-state index in [1.165, 1.54) is 0 Å². The molecule has 172 valence electrons. The van der Waals surface area contributed by atoms with Gasteiger partial charge in [0.05, 0.1) is 10.9 Å². The van der Waals surface area contributed by atoms with E-state index >= 15 is 0 Å². The van der Waals surface area contributed by atoms with Crippen LogP contribution in [0.4, 0.5) is 0 Å². The van der Waals surface area contributed by atoms with E-state index in [1.54, 1.807) is 49.4 Å². The Morgan fingerprint density at radius 2 is 1.74 bits per heavy atom. The average molecular weight is 476 g/mol. The molecule has 1 N–H and O–H groups in total. The molecule has 0 atom stereocenters. The molecular formula is C27H22ClNO5. The molecule has 0 aliphatic rings. The summed E-state index contributed by atoms with van der Waals surface area (Å²) in [5.74, 6) is 0.0983. The molecule has 0 aliphatic carbocycles. The van der Waals surface area contributed by atoms with Crippen LogP contribution in [0.2, 0.25) is 5.02 Å². The number of benzene rings is 3. The van der Waals surface area contributed by atoms with Gasteiger partial charge in [0, 0.05) is 29.6 Å². The molecule has 1 aromatic heterocycles. The van der Waals surface area contributed by atoms with E-state index in [0.29, 0.717) is 45.8 Å². The number of carbonyl (C=O) groups excluding carboxylic acids is 2. The third kappa shape index (κ3) is 5.35. The SMILES string of the molecule is Cc1oc2cc(OC(=O)CCCNC(=O)c3ccc(Cl)cc3)ccc2c(=O)c1-c1ccccc1. The minimum Gasteiger partial charge on any atom is -0.460 e. The molecule has 0 unspecified atom stereocenters. The second-order valence-corrected chi connectivity index (χ2v) is 8.16. The summed E-state index contributed by atoms with van der Waals surface area (Å²) in [6.45, 7) is 2.06. The van der Waals surface area contributed by atoms with E-state index in [1.807, 2.05) is 30.3 Å². The quantitative estimate of drug-likeness (QED) is 0.215. The van der Waals surface area contributed by atoms with Gasteiger partial charge in [-0.25, -0.2) is 0 Å². The number of hydrogen-bond donors (Lipinski definition) is 1. The van der Waals surface area contributed by atoms with Gasteiger partial charge < -0.3 is 14.5 Å². The van der Waals surface area contributed by atoms with Crippen molar-refractivity contribution in [2.24, 2.45) is 0 Å². The van der Waals surface area contributed by atoms with Crippen LogP contribution in [-0.4, -0.2) is 18.4 Å². The van der Waals surface area contributed by atoms with Crippen LogP contribution in [0.3, 0.4) is 0 Å². The van der Waals surface area contributed by atoms with Crippen LogP contribution in [0, 0.1) is 6.92 Å². The Morgan fingerprint density at radius 1 is 1.00 bits per heavy atom. The topological polar surface area (TPSA) is 85.6 Å². The van der Waals surface area contributed by atoms with Crippen LogP contribution in [-0.2, 0) is 4.79 Å². The van der Waals surface area contributed by atoms with Crippen molar-refractivity contribution in [3.63, 3.8) is 0 Å². The number of aryl methyl sites for hydroxylation is 1. The van der Waals surface area contributed by atoms with Gasteiger partial charge in [0.25, 0.3) is 5.91 Å². The van der Waals surface area contributed by atoms with Crippen LogP contribution in [0.5, 0.6) is 5.75 Å². The third-order valence-corrected chi connectivity index (χ3v) is 5.54. The van der Waals surface area contributed by atoms with Crippen molar-refractivity contribution in [2.45, 2.75) is 19.8 Å². The summed E-state index contributed by atoms with van der Waals surface area (Å²) >= 11 is 5.82. The normalized spacial score (nSPS) is 10.8. The molecule has 0 saturated heterocycles. The molecule has 1 amide bonds. The highest BCUT2D eigenvalue weighted by Gasteiger charge is 2.15. The van der Waals surface area contributed by atoms with Gasteiger partial charge in [0.2, 0.25) is 5.43 Å². The van der Waals surface area contributed by atoms with Gasteiger partial charge in [0.1, 0.15) is 17.1 Å². The van der Waals surface area contributed by atoms with Gasteiger partial charge in [-0.3, -0.25) is 14.4 Å². The predicted octanol–water partition coefficient (Wildman–Crippen LogP) is 5.54. The smallest absolute Gasteiger partial charge is 0.311 e. The zero-order valence-corrected chi connectivity index (χ0v) is 19.2. The molecule has 6 nitrogen and oxygen atoms in total. The number of ether oxygens (including phenoxy) is 1. The number of rotatable bonds is 7. The fourth-order valence-electron chi connectivity index (χ4n) is 3.61. The molecule has 0 bridgehead atoms. The number of halogens is 1. The van der Waals surface area contributed by atoms with E-state index in [4.69, 9.17) is 20.8 Å². The lowest BCUT2D eigenvalue weighted by molar-refractivity contribution is -0.134. The molecule has 0 spiro atoms. The summed E-state index contributed by atoms with van der Waals surface area (Å²) in [6, 6.07) is 20.6. The Morgan fingerprint density at radius 3 is 2.47 bits per heavy atom. The summed E-state index contributed by atoms with van der Waals surface area (Å²) in [5, 5.41) is 3.72. The van der Waals surface area contributed by atoms with Crippen molar-refractivity contribution >= 4 is 34.4 Å². The fourth-order valence-corrected chi connectivity index (χ4v) is 3.73. The van der Waals surface area contributed by atoms with E-state index < -0.39 is 5.97 Å². The Balaban J connectivity index is 1.36.